The summed E-state index contributed by atoms with van der Waals surface area (Å²) < 4.78 is 0. The summed E-state index contributed by atoms with van der Waals surface area (Å²) in [6.07, 6.45) is 3.60. The highest BCUT2D eigenvalue weighted by molar-refractivity contribution is 5.68. The summed E-state index contributed by atoms with van der Waals surface area (Å²) >= 11 is 0. The lowest BCUT2D eigenvalue weighted by molar-refractivity contribution is -0.138. The minimum absolute atomic E-state index is 0.0142. The zero-order valence-corrected chi connectivity index (χ0v) is 19.5. The highest BCUT2D eigenvalue weighted by atomic mass is 16.4. The average Bonchev–Trinajstić information content (AvgIpc) is 2.84. The Kier molecular flexibility index (Phi) is 10.4. The average molecular weight is 447 g/mol. The summed E-state index contributed by atoms with van der Waals surface area (Å²) in [5, 5.41) is 17.4. The van der Waals surface area contributed by atoms with Crippen LogP contribution in [0.15, 0.2) is 84.9 Å². The van der Waals surface area contributed by atoms with Crippen LogP contribution in [-0.4, -0.2) is 22.2 Å². The first-order chi connectivity index (χ1) is 15.9. The number of rotatable bonds is 10. The fraction of sp³-hybridized carbons (Fsp3) is 0.310. The molecule has 0 radical (unpaired) electrons. The molecule has 0 aliphatic rings. The van der Waals surface area contributed by atoms with E-state index in [-0.39, 0.29) is 18.3 Å². The lowest BCUT2D eigenvalue weighted by Gasteiger charge is -2.28. The third-order valence-electron chi connectivity index (χ3n) is 6.08. The van der Waals surface area contributed by atoms with Gasteiger partial charge in [0.05, 0.1) is 0 Å². The van der Waals surface area contributed by atoms with Gasteiger partial charge >= 0.3 is 11.9 Å². The van der Waals surface area contributed by atoms with Crippen LogP contribution >= 0.6 is 0 Å². The van der Waals surface area contributed by atoms with Gasteiger partial charge < -0.3 is 10.2 Å². The number of carboxylic acids is 2. The SMILES string of the molecule is CCC(C)(CCC(=O)O)c1ccccc1.O=C(O)CCCc1ccccc1-c1ccccc1. The minimum atomic E-state index is -0.729. The molecule has 1 atom stereocenters. The van der Waals surface area contributed by atoms with Crippen molar-refractivity contribution in [3.8, 4) is 11.1 Å². The normalized spacial score (nSPS) is 12.2. The van der Waals surface area contributed by atoms with Crippen molar-refractivity contribution in [1.29, 1.82) is 0 Å². The van der Waals surface area contributed by atoms with E-state index >= 15 is 0 Å². The van der Waals surface area contributed by atoms with Crippen molar-refractivity contribution in [1.82, 2.24) is 0 Å². The van der Waals surface area contributed by atoms with Gasteiger partial charge in [0.25, 0.3) is 0 Å². The molecule has 0 bridgehead atoms. The van der Waals surface area contributed by atoms with E-state index in [0.29, 0.717) is 12.8 Å². The zero-order valence-electron chi connectivity index (χ0n) is 19.5. The standard InChI is InChI=1S/C16H16O2.C13H18O2/c17-16(18)12-6-10-14-9-4-5-11-15(14)13-7-2-1-3-8-13;1-3-13(2,10-9-12(14)15)11-7-5-4-6-8-11/h1-5,7-9,11H,6,10,12H2,(H,17,18);4-8H,3,9-10H2,1-2H3,(H,14,15). The Morgan fingerprint density at radius 1 is 0.758 bits per heavy atom. The fourth-order valence-corrected chi connectivity index (χ4v) is 3.82. The Hall–Kier alpha value is -3.40. The summed E-state index contributed by atoms with van der Waals surface area (Å²) in [6.45, 7) is 4.24. The second-order valence-electron chi connectivity index (χ2n) is 8.44. The van der Waals surface area contributed by atoms with E-state index in [2.05, 4.69) is 50.2 Å². The molecule has 3 aromatic carbocycles. The van der Waals surface area contributed by atoms with Crippen LogP contribution in [-0.2, 0) is 21.4 Å². The van der Waals surface area contributed by atoms with Gasteiger partial charge in [-0.15, -0.1) is 0 Å². The zero-order chi connectivity index (χ0) is 24.1. The van der Waals surface area contributed by atoms with Gasteiger partial charge in [0.15, 0.2) is 0 Å². The molecule has 4 heteroatoms. The fourth-order valence-electron chi connectivity index (χ4n) is 3.82. The van der Waals surface area contributed by atoms with E-state index in [1.807, 2.05) is 48.5 Å². The molecule has 0 spiro atoms. The van der Waals surface area contributed by atoms with Crippen LogP contribution in [0.3, 0.4) is 0 Å². The maximum absolute atomic E-state index is 10.6. The second-order valence-corrected chi connectivity index (χ2v) is 8.44. The Morgan fingerprint density at radius 2 is 1.30 bits per heavy atom. The predicted octanol–water partition coefficient (Wildman–Crippen LogP) is 6.98. The third kappa shape index (κ3) is 8.57. The number of benzene rings is 3. The molecule has 0 aliphatic carbocycles. The van der Waals surface area contributed by atoms with Crippen molar-refractivity contribution in [2.75, 3.05) is 0 Å². The largest absolute Gasteiger partial charge is 0.481 e. The molecule has 0 heterocycles. The van der Waals surface area contributed by atoms with E-state index in [4.69, 9.17) is 10.2 Å². The Morgan fingerprint density at radius 3 is 1.88 bits per heavy atom. The first kappa shape index (κ1) is 25.9. The molecule has 174 valence electrons. The monoisotopic (exact) mass is 446 g/mol. The van der Waals surface area contributed by atoms with Crippen LogP contribution in [0.1, 0.15) is 57.1 Å². The molecule has 3 rings (SSSR count). The smallest absolute Gasteiger partial charge is 0.303 e. The maximum Gasteiger partial charge on any atom is 0.303 e. The molecule has 1 unspecified atom stereocenters. The molecule has 2 N–H and O–H groups in total. The lowest BCUT2D eigenvalue weighted by atomic mass is 9.76. The highest BCUT2D eigenvalue weighted by Gasteiger charge is 2.24. The Bertz CT molecular complexity index is 998. The van der Waals surface area contributed by atoms with Gasteiger partial charge in [-0.1, -0.05) is 98.8 Å². The van der Waals surface area contributed by atoms with Gasteiger partial charge in [0.1, 0.15) is 0 Å². The molecule has 33 heavy (non-hydrogen) atoms. The number of hydrogen-bond donors (Lipinski definition) is 2. The van der Waals surface area contributed by atoms with Gasteiger partial charge in [0.2, 0.25) is 0 Å². The predicted molar refractivity (Wildman–Crippen MR) is 133 cm³/mol. The third-order valence-corrected chi connectivity index (χ3v) is 6.08. The van der Waals surface area contributed by atoms with Crippen LogP contribution in [0.25, 0.3) is 11.1 Å². The summed E-state index contributed by atoms with van der Waals surface area (Å²) in [6, 6.07) is 28.5. The molecular weight excluding hydrogens is 412 g/mol. The first-order valence-electron chi connectivity index (χ1n) is 11.5. The topological polar surface area (TPSA) is 74.6 Å². The lowest BCUT2D eigenvalue weighted by Crippen LogP contribution is -2.22. The molecule has 0 aromatic heterocycles. The molecule has 0 saturated heterocycles. The molecule has 4 nitrogen and oxygen atoms in total. The van der Waals surface area contributed by atoms with Crippen molar-refractivity contribution in [3.63, 3.8) is 0 Å². The molecule has 0 amide bonds. The molecule has 0 fully saturated rings. The second kappa shape index (κ2) is 13.2. The number of carbonyl (C=O) groups is 2. The van der Waals surface area contributed by atoms with E-state index in [0.717, 1.165) is 12.8 Å². The Labute approximate surface area is 196 Å². The summed E-state index contributed by atoms with van der Waals surface area (Å²) in [4.78, 5) is 21.1. The summed E-state index contributed by atoms with van der Waals surface area (Å²) in [7, 11) is 0. The van der Waals surface area contributed by atoms with Crippen LogP contribution in [0.5, 0.6) is 0 Å². The van der Waals surface area contributed by atoms with Gasteiger partial charge in [-0.3, -0.25) is 9.59 Å². The molecular formula is C29H34O4. The van der Waals surface area contributed by atoms with Crippen LogP contribution in [0.2, 0.25) is 0 Å². The highest BCUT2D eigenvalue weighted by Crippen LogP contribution is 2.32. The molecule has 0 aliphatic heterocycles. The Balaban J connectivity index is 0.000000238. The van der Waals surface area contributed by atoms with Crippen LogP contribution in [0.4, 0.5) is 0 Å². The van der Waals surface area contributed by atoms with Gasteiger partial charge in [-0.25, -0.2) is 0 Å². The van der Waals surface area contributed by atoms with Crippen molar-refractivity contribution in [3.05, 3.63) is 96.1 Å². The van der Waals surface area contributed by atoms with E-state index in [1.54, 1.807) is 0 Å². The van der Waals surface area contributed by atoms with Crippen LogP contribution < -0.4 is 0 Å². The van der Waals surface area contributed by atoms with Crippen molar-refractivity contribution in [2.24, 2.45) is 0 Å². The first-order valence-corrected chi connectivity index (χ1v) is 11.5. The molecule has 3 aromatic rings. The van der Waals surface area contributed by atoms with E-state index < -0.39 is 11.9 Å². The summed E-state index contributed by atoms with van der Waals surface area (Å²) in [5.41, 5.74) is 4.81. The van der Waals surface area contributed by atoms with Gasteiger partial charge in [0, 0.05) is 12.8 Å². The van der Waals surface area contributed by atoms with Crippen molar-refractivity contribution in [2.45, 2.75) is 57.8 Å². The van der Waals surface area contributed by atoms with E-state index in [1.165, 1.54) is 22.3 Å². The van der Waals surface area contributed by atoms with Crippen molar-refractivity contribution < 1.29 is 19.8 Å². The van der Waals surface area contributed by atoms with E-state index in [9.17, 15) is 9.59 Å². The van der Waals surface area contributed by atoms with Gasteiger partial charge in [-0.05, 0) is 53.4 Å². The quantitative estimate of drug-likeness (QED) is 0.352. The number of hydrogen-bond acceptors (Lipinski definition) is 2. The minimum Gasteiger partial charge on any atom is -0.481 e. The number of aryl methyl sites for hydroxylation is 1. The van der Waals surface area contributed by atoms with Gasteiger partial charge in [-0.2, -0.15) is 0 Å². The molecule has 0 saturated carbocycles. The number of carboxylic acid groups (broad SMARTS) is 2. The van der Waals surface area contributed by atoms with Crippen molar-refractivity contribution >= 4 is 11.9 Å². The number of aliphatic carboxylic acids is 2. The maximum atomic E-state index is 10.6. The van der Waals surface area contributed by atoms with Crippen LogP contribution in [0, 0.1) is 0 Å². The summed E-state index contributed by atoms with van der Waals surface area (Å²) in [5.74, 6) is -1.45.